The fourth-order valence-electron chi connectivity index (χ4n) is 4.15. The number of anilines is 1. The van der Waals surface area contributed by atoms with Gasteiger partial charge in [0.1, 0.15) is 17.7 Å². The van der Waals surface area contributed by atoms with E-state index in [0.717, 1.165) is 18.2 Å². The minimum absolute atomic E-state index is 0.0181. The quantitative estimate of drug-likeness (QED) is 0.514. The number of nitrogens with one attached hydrogen (secondary N) is 2. The average molecular weight is 521 g/mol. The largest absolute Gasteiger partial charge is 0.478 e. The van der Waals surface area contributed by atoms with Gasteiger partial charge < -0.3 is 19.5 Å². The van der Waals surface area contributed by atoms with Crippen LogP contribution in [0.1, 0.15) is 34.8 Å². The lowest BCUT2D eigenvalue weighted by molar-refractivity contribution is -0.121. The second-order valence-electron chi connectivity index (χ2n) is 8.94. The van der Waals surface area contributed by atoms with Crippen molar-refractivity contribution in [3.05, 3.63) is 69.3 Å². The molecule has 1 atom stereocenters. The van der Waals surface area contributed by atoms with Gasteiger partial charge in [-0.25, -0.2) is 23.8 Å². The Morgan fingerprint density at radius 3 is 2.50 bits per heavy atom. The molecule has 0 bridgehead atoms. The van der Waals surface area contributed by atoms with Gasteiger partial charge in [0.25, 0.3) is 17.4 Å². The van der Waals surface area contributed by atoms with Gasteiger partial charge in [-0.2, -0.15) is 5.16 Å². The molecule has 3 aromatic rings. The molecule has 0 radical (unpaired) electrons. The van der Waals surface area contributed by atoms with E-state index < -0.39 is 45.1 Å². The number of nitrogens with zero attached hydrogens (tertiary/aromatic N) is 2. The molecule has 1 aliphatic rings. The molecule has 0 saturated heterocycles. The highest BCUT2D eigenvalue weighted by atomic mass is 32.3. The molecule has 2 N–H and O–H groups in total. The zero-order valence-corrected chi connectivity index (χ0v) is 21.0. The van der Waals surface area contributed by atoms with E-state index in [1.54, 1.807) is 30.9 Å². The molecule has 1 aromatic carbocycles. The van der Waals surface area contributed by atoms with E-state index in [4.69, 9.17) is 9.26 Å². The lowest BCUT2D eigenvalue weighted by atomic mass is 9.95. The Bertz CT molecular complexity index is 1360. The molecule has 12 heteroatoms. The van der Waals surface area contributed by atoms with Gasteiger partial charge in [-0.3, -0.25) is 14.4 Å². The van der Waals surface area contributed by atoms with Crippen LogP contribution in [0.5, 0.6) is 5.88 Å². The number of carbonyl (C=O) groups is 2. The highest BCUT2D eigenvalue weighted by Crippen LogP contribution is 2.48. The number of fused-ring (bicyclic) bond motifs is 1. The smallest absolute Gasteiger partial charge is 0.293 e. The number of amides is 2. The monoisotopic (exact) mass is 520 g/mol. The van der Waals surface area contributed by atoms with Crippen LogP contribution in [0.3, 0.4) is 0 Å². The van der Waals surface area contributed by atoms with E-state index in [0.29, 0.717) is 30.2 Å². The SMILES string of the molecule is CCOc1ccc2c(n1)CCN(C(=O)c1cc(=O)[nH]o1)[C@@H]2C(=O)Nc1cc(F)c(S(C)(C)C)c(F)c1. The number of aromatic amines is 1. The van der Waals surface area contributed by atoms with E-state index in [-0.39, 0.29) is 22.9 Å². The van der Waals surface area contributed by atoms with Crippen molar-refractivity contribution in [2.45, 2.75) is 24.3 Å². The Morgan fingerprint density at radius 2 is 1.92 bits per heavy atom. The summed E-state index contributed by atoms with van der Waals surface area (Å²) in [6.45, 7) is 2.29. The van der Waals surface area contributed by atoms with Crippen molar-refractivity contribution in [2.75, 3.05) is 37.2 Å². The maximum Gasteiger partial charge on any atom is 0.293 e. The molecule has 1 aliphatic heterocycles. The predicted molar refractivity (Wildman–Crippen MR) is 131 cm³/mol. The standard InChI is InChI=1S/C24H26F2N4O5S/c1-5-34-20-7-6-14-17(28-20)8-9-30(24(33)18-12-19(31)29-35-18)21(14)23(32)27-13-10-15(25)22(16(26)11-13)36(2,3)4/h6-7,10-12,21H,5,8-9H2,1-4H3,(H,27,32)(H,29,31)/t21-/m0/s1. The maximum absolute atomic E-state index is 14.8. The molecule has 36 heavy (non-hydrogen) atoms. The van der Waals surface area contributed by atoms with Crippen molar-refractivity contribution >= 4 is 27.5 Å². The second-order valence-corrected chi connectivity index (χ2v) is 13.0. The third-order valence-electron chi connectivity index (χ3n) is 5.59. The van der Waals surface area contributed by atoms with E-state index in [2.05, 4.69) is 15.5 Å². The highest BCUT2D eigenvalue weighted by molar-refractivity contribution is 8.32. The number of carbonyl (C=O) groups excluding carboxylic acids is 2. The van der Waals surface area contributed by atoms with Crippen LogP contribution in [0.2, 0.25) is 0 Å². The molecule has 2 amide bonds. The molecule has 2 aromatic heterocycles. The van der Waals surface area contributed by atoms with Gasteiger partial charge in [-0.1, -0.05) is 0 Å². The van der Waals surface area contributed by atoms with Crippen molar-refractivity contribution in [1.82, 2.24) is 15.0 Å². The zero-order valence-electron chi connectivity index (χ0n) is 20.2. The maximum atomic E-state index is 14.8. The third-order valence-corrected chi connectivity index (χ3v) is 7.21. The summed E-state index contributed by atoms with van der Waals surface area (Å²) >= 11 is 0. The second kappa shape index (κ2) is 9.76. The summed E-state index contributed by atoms with van der Waals surface area (Å²) in [5, 5.41) is 4.59. The third kappa shape index (κ3) is 4.99. The van der Waals surface area contributed by atoms with Crippen molar-refractivity contribution in [2.24, 2.45) is 0 Å². The minimum Gasteiger partial charge on any atom is -0.478 e. The number of benzene rings is 1. The van der Waals surface area contributed by atoms with Crippen molar-refractivity contribution in [1.29, 1.82) is 0 Å². The lowest BCUT2D eigenvalue weighted by Crippen LogP contribution is -2.45. The first-order chi connectivity index (χ1) is 17.0. The summed E-state index contributed by atoms with van der Waals surface area (Å²) in [6, 6.07) is 5.11. The lowest BCUT2D eigenvalue weighted by Gasteiger charge is -2.35. The molecule has 192 valence electrons. The van der Waals surface area contributed by atoms with Crippen molar-refractivity contribution < 1.29 is 27.6 Å². The summed E-state index contributed by atoms with van der Waals surface area (Å²) in [5.41, 5.74) is 0.274. The minimum atomic E-state index is -1.70. The van der Waals surface area contributed by atoms with Crippen LogP contribution in [-0.4, -0.2) is 58.8 Å². The topological polar surface area (TPSA) is 118 Å². The number of hydrogen-bond acceptors (Lipinski definition) is 6. The van der Waals surface area contributed by atoms with Gasteiger partial charge in [-0.15, -0.1) is 0 Å². The fraction of sp³-hybridized carbons (Fsp3) is 0.333. The Hall–Kier alpha value is -3.67. The Balaban J connectivity index is 1.72. The van der Waals surface area contributed by atoms with Crippen LogP contribution < -0.4 is 15.6 Å². The van der Waals surface area contributed by atoms with Crippen LogP contribution in [0.4, 0.5) is 14.5 Å². The van der Waals surface area contributed by atoms with Gasteiger partial charge in [0.15, 0.2) is 0 Å². The normalized spacial score (nSPS) is 15.8. The van der Waals surface area contributed by atoms with Crippen LogP contribution >= 0.6 is 10.0 Å². The average Bonchev–Trinajstić information content (AvgIpc) is 3.22. The van der Waals surface area contributed by atoms with Crippen LogP contribution in [0, 0.1) is 11.6 Å². The van der Waals surface area contributed by atoms with Gasteiger partial charge in [0.2, 0.25) is 11.6 Å². The van der Waals surface area contributed by atoms with Gasteiger partial charge in [-0.05, 0) is 43.9 Å². The number of hydrogen-bond donors (Lipinski definition) is 2. The molecule has 3 heterocycles. The van der Waals surface area contributed by atoms with Gasteiger partial charge >= 0.3 is 0 Å². The Morgan fingerprint density at radius 1 is 1.22 bits per heavy atom. The summed E-state index contributed by atoms with van der Waals surface area (Å²) in [6.07, 6.45) is 5.60. The Kier molecular flexibility index (Phi) is 6.90. The number of aromatic nitrogens is 2. The van der Waals surface area contributed by atoms with E-state index in [1.807, 2.05) is 6.92 Å². The predicted octanol–water partition coefficient (Wildman–Crippen LogP) is 3.47. The first kappa shape index (κ1) is 25.4. The molecule has 9 nitrogen and oxygen atoms in total. The first-order valence-corrected chi connectivity index (χ1v) is 14.0. The van der Waals surface area contributed by atoms with Crippen LogP contribution in [0.15, 0.2) is 44.5 Å². The molecular weight excluding hydrogens is 494 g/mol. The summed E-state index contributed by atoms with van der Waals surface area (Å²) in [7, 11) is -1.70. The zero-order chi connectivity index (χ0) is 26.2. The van der Waals surface area contributed by atoms with Gasteiger partial charge in [0.05, 0.1) is 23.3 Å². The summed E-state index contributed by atoms with van der Waals surface area (Å²) in [4.78, 5) is 43.8. The van der Waals surface area contributed by atoms with Crippen molar-refractivity contribution in [3.63, 3.8) is 0 Å². The van der Waals surface area contributed by atoms with Gasteiger partial charge in [0, 0.05) is 30.3 Å². The van der Waals surface area contributed by atoms with E-state index >= 15 is 0 Å². The van der Waals surface area contributed by atoms with Crippen LogP contribution in [0.25, 0.3) is 0 Å². The number of ether oxygens (including phenoxy) is 1. The molecule has 0 saturated carbocycles. The molecule has 4 rings (SSSR count). The number of H-pyrrole nitrogens is 1. The van der Waals surface area contributed by atoms with E-state index in [9.17, 15) is 23.2 Å². The summed E-state index contributed by atoms with van der Waals surface area (Å²) in [5.74, 6) is -2.82. The Labute approximate surface area is 207 Å². The number of rotatable bonds is 6. The molecule has 0 aliphatic carbocycles. The molecule has 0 fully saturated rings. The number of halogens is 2. The number of pyridine rings is 1. The molecular formula is C24H26F2N4O5S. The van der Waals surface area contributed by atoms with Crippen molar-refractivity contribution in [3.8, 4) is 5.88 Å². The fourth-order valence-corrected chi connectivity index (χ4v) is 5.44. The first-order valence-electron chi connectivity index (χ1n) is 11.1. The highest BCUT2D eigenvalue weighted by Gasteiger charge is 2.38. The summed E-state index contributed by atoms with van der Waals surface area (Å²) < 4.78 is 40.0. The molecule has 0 spiro atoms. The molecule has 0 unspecified atom stereocenters. The van der Waals surface area contributed by atoms with Crippen LogP contribution in [-0.2, 0) is 11.2 Å². The van der Waals surface area contributed by atoms with E-state index in [1.165, 1.54) is 4.90 Å².